The number of cyclic esters (lactones) is 1. The zero-order valence-corrected chi connectivity index (χ0v) is 7.86. The summed E-state index contributed by atoms with van der Waals surface area (Å²) in [4.78, 5) is 11.2. The molecule has 0 amide bonds. The second-order valence-corrected chi connectivity index (χ2v) is 3.16. The van der Waals surface area contributed by atoms with E-state index in [0.717, 1.165) is 5.56 Å². The molecule has 0 bridgehead atoms. The second-order valence-electron chi connectivity index (χ2n) is 3.16. The van der Waals surface area contributed by atoms with Gasteiger partial charge in [-0.05, 0) is 18.6 Å². The summed E-state index contributed by atoms with van der Waals surface area (Å²) in [7, 11) is 0. The number of hydrogen-bond donors (Lipinski definition) is 1. The molecule has 1 aromatic rings. The maximum atomic E-state index is 11.2. The van der Waals surface area contributed by atoms with Gasteiger partial charge in [-0.15, -0.1) is 0 Å². The van der Waals surface area contributed by atoms with Gasteiger partial charge in [0.05, 0.1) is 0 Å². The zero-order chi connectivity index (χ0) is 9.97. The SMILES string of the molecule is CC1N/C(=C\c2ccccc2)C(=O)O1. The van der Waals surface area contributed by atoms with Gasteiger partial charge in [-0.2, -0.15) is 0 Å². The van der Waals surface area contributed by atoms with Gasteiger partial charge in [-0.25, -0.2) is 4.79 Å². The highest BCUT2D eigenvalue weighted by atomic mass is 16.6. The van der Waals surface area contributed by atoms with Crippen LogP contribution in [-0.2, 0) is 9.53 Å². The van der Waals surface area contributed by atoms with Crippen LogP contribution in [0.5, 0.6) is 0 Å². The lowest BCUT2D eigenvalue weighted by molar-refractivity contribution is -0.138. The van der Waals surface area contributed by atoms with Gasteiger partial charge in [0.1, 0.15) is 5.70 Å². The first-order valence-corrected chi connectivity index (χ1v) is 4.50. The fraction of sp³-hybridized carbons (Fsp3) is 0.182. The van der Waals surface area contributed by atoms with E-state index in [4.69, 9.17) is 4.74 Å². The van der Waals surface area contributed by atoms with Crippen LogP contribution in [0.4, 0.5) is 0 Å². The van der Waals surface area contributed by atoms with Crippen molar-refractivity contribution in [1.82, 2.24) is 5.32 Å². The van der Waals surface area contributed by atoms with Gasteiger partial charge < -0.3 is 10.1 Å². The Morgan fingerprint density at radius 3 is 2.64 bits per heavy atom. The molecule has 72 valence electrons. The van der Waals surface area contributed by atoms with Gasteiger partial charge in [0, 0.05) is 0 Å². The molecular formula is C11H11NO2. The first-order valence-electron chi connectivity index (χ1n) is 4.50. The van der Waals surface area contributed by atoms with E-state index in [-0.39, 0.29) is 12.2 Å². The molecule has 0 aromatic heterocycles. The van der Waals surface area contributed by atoms with E-state index in [1.165, 1.54) is 0 Å². The van der Waals surface area contributed by atoms with Crippen molar-refractivity contribution in [2.45, 2.75) is 13.2 Å². The summed E-state index contributed by atoms with van der Waals surface area (Å²) in [5.74, 6) is -0.290. The summed E-state index contributed by atoms with van der Waals surface area (Å²) in [6.07, 6.45) is 1.56. The number of esters is 1. The van der Waals surface area contributed by atoms with Gasteiger partial charge in [-0.3, -0.25) is 0 Å². The van der Waals surface area contributed by atoms with Crippen molar-refractivity contribution in [3.8, 4) is 0 Å². The normalized spacial score (nSPS) is 23.4. The lowest BCUT2D eigenvalue weighted by Gasteiger charge is -1.98. The number of hydrogen-bond acceptors (Lipinski definition) is 3. The van der Waals surface area contributed by atoms with Gasteiger partial charge in [-0.1, -0.05) is 30.3 Å². The maximum absolute atomic E-state index is 11.2. The fourth-order valence-electron chi connectivity index (χ4n) is 1.35. The number of rotatable bonds is 1. The van der Waals surface area contributed by atoms with Crippen molar-refractivity contribution < 1.29 is 9.53 Å². The van der Waals surface area contributed by atoms with Crippen LogP contribution in [0.1, 0.15) is 12.5 Å². The van der Waals surface area contributed by atoms with Crippen molar-refractivity contribution in [3.63, 3.8) is 0 Å². The van der Waals surface area contributed by atoms with Crippen LogP contribution in [0.2, 0.25) is 0 Å². The third-order valence-corrected chi connectivity index (χ3v) is 1.97. The van der Waals surface area contributed by atoms with Crippen LogP contribution in [0.25, 0.3) is 6.08 Å². The summed E-state index contributed by atoms with van der Waals surface area (Å²) in [5, 5.41) is 2.94. The smallest absolute Gasteiger partial charge is 0.356 e. The maximum Gasteiger partial charge on any atom is 0.356 e. The van der Waals surface area contributed by atoms with Crippen LogP contribution in [-0.4, -0.2) is 12.2 Å². The molecule has 2 rings (SSSR count). The molecule has 14 heavy (non-hydrogen) atoms. The van der Waals surface area contributed by atoms with E-state index < -0.39 is 0 Å². The average molecular weight is 189 g/mol. The van der Waals surface area contributed by atoms with Gasteiger partial charge in [0.25, 0.3) is 0 Å². The highest BCUT2D eigenvalue weighted by Crippen LogP contribution is 2.12. The molecular weight excluding hydrogens is 178 g/mol. The third kappa shape index (κ3) is 1.76. The minimum atomic E-state index is -0.290. The van der Waals surface area contributed by atoms with Crippen molar-refractivity contribution in [1.29, 1.82) is 0 Å². The molecule has 0 saturated carbocycles. The molecule has 0 radical (unpaired) electrons. The molecule has 1 saturated heterocycles. The molecule has 1 aliphatic heterocycles. The van der Waals surface area contributed by atoms with E-state index in [1.54, 1.807) is 13.0 Å². The average Bonchev–Trinajstić information content (AvgIpc) is 2.47. The predicted octanol–water partition coefficient (Wildman–Crippen LogP) is 1.52. The first kappa shape index (κ1) is 8.81. The summed E-state index contributed by atoms with van der Waals surface area (Å²) >= 11 is 0. The highest BCUT2D eigenvalue weighted by Gasteiger charge is 2.23. The van der Waals surface area contributed by atoms with Gasteiger partial charge in [0.15, 0.2) is 6.23 Å². The van der Waals surface area contributed by atoms with Crippen LogP contribution in [0.15, 0.2) is 36.0 Å². The largest absolute Gasteiger partial charge is 0.437 e. The molecule has 1 heterocycles. The minimum Gasteiger partial charge on any atom is -0.437 e. The molecule has 1 unspecified atom stereocenters. The molecule has 1 aromatic carbocycles. The minimum absolute atomic E-state index is 0.225. The molecule has 1 N–H and O–H groups in total. The zero-order valence-electron chi connectivity index (χ0n) is 7.86. The van der Waals surface area contributed by atoms with E-state index in [2.05, 4.69) is 5.32 Å². The number of ether oxygens (including phenoxy) is 1. The summed E-state index contributed by atoms with van der Waals surface area (Å²) < 4.78 is 4.93. The summed E-state index contributed by atoms with van der Waals surface area (Å²) in [5.41, 5.74) is 1.50. The van der Waals surface area contributed by atoms with E-state index in [0.29, 0.717) is 5.70 Å². The van der Waals surface area contributed by atoms with Crippen LogP contribution < -0.4 is 5.32 Å². The van der Waals surface area contributed by atoms with Crippen molar-refractivity contribution in [2.75, 3.05) is 0 Å². The molecule has 0 aliphatic carbocycles. The molecule has 1 fully saturated rings. The molecule has 3 nitrogen and oxygen atoms in total. The third-order valence-electron chi connectivity index (χ3n) is 1.97. The van der Waals surface area contributed by atoms with E-state index >= 15 is 0 Å². The molecule has 1 aliphatic rings. The van der Waals surface area contributed by atoms with Crippen LogP contribution in [0.3, 0.4) is 0 Å². The highest BCUT2D eigenvalue weighted by molar-refractivity contribution is 5.94. The molecule has 1 atom stereocenters. The number of benzene rings is 1. The lowest BCUT2D eigenvalue weighted by Crippen LogP contribution is -2.16. The van der Waals surface area contributed by atoms with Crippen molar-refractivity contribution >= 4 is 12.0 Å². The molecule has 0 spiro atoms. The Hall–Kier alpha value is -1.77. The standard InChI is InChI=1S/C11H11NO2/c1-8-12-10(11(13)14-8)7-9-5-3-2-4-6-9/h2-8,12H,1H3/b10-7-. The number of carbonyl (C=O) groups is 1. The fourth-order valence-corrected chi connectivity index (χ4v) is 1.35. The van der Waals surface area contributed by atoms with Crippen molar-refractivity contribution in [2.24, 2.45) is 0 Å². The van der Waals surface area contributed by atoms with Gasteiger partial charge >= 0.3 is 5.97 Å². The second kappa shape index (κ2) is 3.54. The lowest BCUT2D eigenvalue weighted by atomic mass is 10.2. The Balaban J connectivity index is 2.23. The van der Waals surface area contributed by atoms with E-state index in [9.17, 15) is 4.79 Å². The molecule has 3 heteroatoms. The predicted molar refractivity (Wildman–Crippen MR) is 53.1 cm³/mol. The quantitative estimate of drug-likeness (QED) is 0.537. The van der Waals surface area contributed by atoms with E-state index in [1.807, 2.05) is 30.3 Å². The topological polar surface area (TPSA) is 38.3 Å². The van der Waals surface area contributed by atoms with Gasteiger partial charge in [0.2, 0.25) is 0 Å². The Morgan fingerprint density at radius 1 is 1.36 bits per heavy atom. The van der Waals surface area contributed by atoms with Crippen molar-refractivity contribution in [3.05, 3.63) is 41.6 Å². The number of carbonyl (C=O) groups excluding carboxylic acids is 1. The van der Waals surface area contributed by atoms with Crippen LogP contribution in [0, 0.1) is 0 Å². The monoisotopic (exact) mass is 189 g/mol. The Morgan fingerprint density at radius 2 is 2.07 bits per heavy atom. The summed E-state index contributed by atoms with van der Waals surface area (Å²) in [6.45, 7) is 1.80. The Labute approximate surface area is 82.4 Å². The Kier molecular flexibility index (Phi) is 2.23. The number of nitrogens with one attached hydrogen (secondary N) is 1. The summed E-state index contributed by atoms with van der Waals surface area (Å²) in [6, 6.07) is 9.66. The van der Waals surface area contributed by atoms with Crippen LogP contribution >= 0.6 is 0 Å². The Bertz CT molecular complexity index is 370. The first-order chi connectivity index (χ1) is 6.75.